The molecule has 1 saturated heterocycles. The minimum atomic E-state index is -1.34. The number of rotatable bonds is 1. The van der Waals surface area contributed by atoms with Gasteiger partial charge in [-0.1, -0.05) is 6.08 Å². The zero-order chi connectivity index (χ0) is 18.1. The van der Waals surface area contributed by atoms with Crippen molar-refractivity contribution < 1.29 is 28.8 Å². The molecular weight excluding hydrogens is 338 g/mol. The number of fused-ring (bicyclic) bond motifs is 2. The number of ether oxygens (including phenoxy) is 4. The number of likely N-dealkylation sites (tertiary alicyclic amines) is 1. The van der Waals surface area contributed by atoms with E-state index in [1.807, 2.05) is 31.3 Å². The molecule has 3 aliphatic heterocycles. The van der Waals surface area contributed by atoms with Crippen molar-refractivity contribution in [2.75, 3.05) is 20.4 Å². The first-order chi connectivity index (χ1) is 12.4. The Morgan fingerprint density at radius 3 is 2.88 bits per heavy atom. The van der Waals surface area contributed by atoms with Crippen LogP contribution in [0.4, 0.5) is 0 Å². The van der Waals surface area contributed by atoms with Gasteiger partial charge in [-0.25, -0.2) is 0 Å². The molecule has 0 unspecified atom stereocenters. The van der Waals surface area contributed by atoms with Crippen LogP contribution in [-0.2, 0) is 26.3 Å². The molecule has 0 aromatic heterocycles. The summed E-state index contributed by atoms with van der Waals surface area (Å²) in [6.07, 6.45) is 4.10. The van der Waals surface area contributed by atoms with Gasteiger partial charge < -0.3 is 24.1 Å². The Morgan fingerprint density at radius 2 is 2.12 bits per heavy atom. The van der Waals surface area contributed by atoms with E-state index in [0.717, 1.165) is 11.1 Å². The van der Waals surface area contributed by atoms with Gasteiger partial charge in [0.05, 0.1) is 18.6 Å². The van der Waals surface area contributed by atoms with E-state index < -0.39 is 11.2 Å². The van der Waals surface area contributed by atoms with Crippen molar-refractivity contribution in [1.82, 2.24) is 4.90 Å². The minimum Gasteiger partial charge on any atom is -0.458 e. The van der Waals surface area contributed by atoms with Crippen LogP contribution in [0.3, 0.4) is 0 Å². The molecule has 4 atom stereocenters. The molecule has 0 amide bonds. The topological polar surface area (TPSA) is 77.5 Å². The lowest BCUT2D eigenvalue weighted by molar-refractivity contribution is -0.236. The number of benzene rings is 1. The fourth-order valence-electron chi connectivity index (χ4n) is 4.98. The molecule has 3 heterocycles. The number of hydrogen-bond acceptors (Lipinski definition) is 7. The highest BCUT2D eigenvalue weighted by Gasteiger charge is 2.66. The highest BCUT2D eigenvalue weighted by atomic mass is 16.7. The van der Waals surface area contributed by atoms with Crippen LogP contribution in [0.2, 0.25) is 0 Å². The van der Waals surface area contributed by atoms with Gasteiger partial charge in [-0.15, -0.1) is 0 Å². The molecule has 1 fully saturated rings. The number of likely N-dealkylation sites (N-methyl/N-ethyl adjacent to an activating group) is 1. The number of esters is 1. The van der Waals surface area contributed by atoms with Gasteiger partial charge in [-0.05, 0) is 36.4 Å². The summed E-state index contributed by atoms with van der Waals surface area (Å²) < 4.78 is 22.4. The maximum atomic E-state index is 11.4. The number of nitrogens with zero attached hydrogens (tertiary/aromatic N) is 1. The third-order valence-electron chi connectivity index (χ3n) is 6.02. The van der Waals surface area contributed by atoms with Crippen LogP contribution in [0, 0.1) is 0 Å². The molecular formula is C19H21NO6. The van der Waals surface area contributed by atoms with Crippen molar-refractivity contribution in [3.05, 3.63) is 35.4 Å². The Balaban J connectivity index is 1.68. The molecule has 7 nitrogen and oxygen atoms in total. The zero-order valence-corrected chi connectivity index (χ0v) is 14.7. The Morgan fingerprint density at radius 1 is 1.35 bits per heavy atom. The smallest absolute Gasteiger partial charge is 0.303 e. The number of hydrogen-bond donors (Lipinski definition) is 1. The molecule has 1 spiro atoms. The first-order valence-corrected chi connectivity index (χ1v) is 8.79. The van der Waals surface area contributed by atoms with Gasteiger partial charge >= 0.3 is 5.97 Å². The van der Waals surface area contributed by atoms with Crippen LogP contribution < -0.4 is 9.47 Å². The fraction of sp³-hybridized carbons (Fsp3) is 0.526. The first kappa shape index (κ1) is 16.1. The van der Waals surface area contributed by atoms with Crippen molar-refractivity contribution >= 4 is 5.97 Å². The van der Waals surface area contributed by atoms with E-state index in [0.29, 0.717) is 31.1 Å². The normalized spacial score (nSPS) is 37.0. The molecule has 1 aromatic rings. The molecule has 1 aromatic carbocycles. The van der Waals surface area contributed by atoms with Gasteiger partial charge in [0.2, 0.25) is 6.79 Å². The second kappa shape index (κ2) is 5.22. The van der Waals surface area contributed by atoms with Crippen LogP contribution in [0.1, 0.15) is 24.5 Å². The second-order valence-electron chi connectivity index (χ2n) is 7.48. The van der Waals surface area contributed by atoms with E-state index in [1.54, 1.807) is 0 Å². The lowest BCUT2D eigenvalue weighted by atomic mass is 9.64. The predicted molar refractivity (Wildman–Crippen MR) is 89.7 cm³/mol. The van der Waals surface area contributed by atoms with Crippen LogP contribution in [0.5, 0.6) is 11.5 Å². The number of aliphatic hydroxyl groups is 1. The molecule has 4 aliphatic rings. The van der Waals surface area contributed by atoms with E-state index >= 15 is 0 Å². The molecule has 5 rings (SSSR count). The Hall–Kier alpha value is -2.09. The Bertz CT molecular complexity index is 822. The van der Waals surface area contributed by atoms with Gasteiger partial charge in [0.1, 0.15) is 6.10 Å². The second-order valence-corrected chi connectivity index (χ2v) is 7.48. The summed E-state index contributed by atoms with van der Waals surface area (Å²) in [7, 11) is 1.96. The molecule has 0 bridgehead atoms. The molecule has 0 saturated carbocycles. The predicted octanol–water partition coefficient (Wildman–Crippen LogP) is 1.08. The van der Waals surface area contributed by atoms with Crippen molar-refractivity contribution in [3.8, 4) is 11.5 Å². The van der Waals surface area contributed by atoms with Crippen LogP contribution in [-0.4, -0.2) is 54.3 Å². The van der Waals surface area contributed by atoms with E-state index in [4.69, 9.17) is 18.9 Å². The van der Waals surface area contributed by atoms with Gasteiger partial charge in [-0.2, -0.15) is 0 Å². The van der Waals surface area contributed by atoms with Crippen molar-refractivity contribution in [3.63, 3.8) is 0 Å². The quantitative estimate of drug-likeness (QED) is 0.594. The summed E-state index contributed by atoms with van der Waals surface area (Å²) in [5, 5.41) is 11.4. The average molecular weight is 359 g/mol. The maximum absolute atomic E-state index is 11.4. The summed E-state index contributed by atoms with van der Waals surface area (Å²) in [5.41, 5.74) is 1.23. The third kappa shape index (κ3) is 1.96. The fourth-order valence-corrected chi connectivity index (χ4v) is 4.98. The van der Waals surface area contributed by atoms with Crippen molar-refractivity contribution in [2.45, 2.75) is 43.3 Å². The minimum absolute atomic E-state index is 0.0683. The van der Waals surface area contributed by atoms with Crippen molar-refractivity contribution in [2.24, 2.45) is 0 Å². The highest BCUT2D eigenvalue weighted by Crippen LogP contribution is 2.56. The molecule has 1 aliphatic carbocycles. The summed E-state index contributed by atoms with van der Waals surface area (Å²) >= 11 is 0. The molecule has 1 N–H and O–H groups in total. The Kier molecular flexibility index (Phi) is 3.23. The lowest BCUT2D eigenvalue weighted by Gasteiger charge is -2.49. The van der Waals surface area contributed by atoms with Gasteiger partial charge in [0.15, 0.2) is 17.3 Å². The van der Waals surface area contributed by atoms with Gasteiger partial charge in [0, 0.05) is 19.4 Å². The number of carbonyl (C=O) groups excluding carboxylic acids is 1. The first-order valence-electron chi connectivity index (χ1n) is 8.79. The maximum Gasteiger partial charge on any atom is 0.303 e. The van der Waals surface area contributed by atoms with E-state index in [2.05, 4.69) is 4.90 Å². The standard InChI is InChI=1S/C19H21NO6/c1-11(21)26-13-3-4-18-14-7-16-15(23-10-24-16)5-12(14)8-25-19(18,22)9-20(2)17(18)6-13/h3-5,7,13,17,22H,6,8-10H2,1-2H3/t13-,17+,18+,19-/m1/s1. The summed E-state index contributed by atoms with van der Waals surface area (Å²) in [5.74, 6) is -0.263. The van der Waals surface area contributed by atoms with E-state index in [9.17, 15) is 9.90 Å². The molecule has 7 heteroatoms. The van der Waals surface area contributed by atoms with Crippen LogP contribution >= 0.6 is 0 Å². The summed E-state index contributed by atoms with van der Waals surface area (Å²) in [4.78, 5) is 13.5. The van der Waals surface area contributed by atoms with Gasteiger partial charge in [-0.3, -0.25) is 9.69 Å². The monoisotopic (exact) mass is 359 g/mol. The zero-order valence-electron chi connectivity index (χ0n) is 14.7. The van der Waals surface area contributed by atoms with E-state index in [1.165, 1.54) is 6.92 Å². The SMILES string of the molecule is CC(=O)O[C@@H]1C=C[C@@]23c4cc5c(cc4CO[C@]2(O)CN(C)[C@H]3C1)OCO5. The van der Waals surface area contributed by atoms with E-state index in [-0.39, 0.29) is 24.9 Å². The number of β-amino-alcohol motifs (C(OH)–C–C–N with tert-alkyl or cyclic N) is 1. The number of carbonyl (C=O) groups is 1. The van der Waals surface area contributed by atoms with Gasteiger partial charge in [0.25, 0.3) is 0 Å². The third-order valence-corrected chi connectivity index (χ3v) is 6.02. The van der Waals surface area contributed by atoms with Crippen LogP contribution in [0.15, 0.2) is 24.3 Å². The van der Waals surface area contributed by atoms with Crippen molar-refractivity contribution in [1.29, 1.82) is 0 Å². The summed E-state index contributed by atoms with van der Waals surface area (Å²) in [6, 6.07) is 3.84. The molecule has 0 radical (unpaired) electrons. The summed E-state index contributed by atoms with van der Waals surface area (Å²) in [6.45, 7) is 2.30. The molecule has 26 heavy (non-hydrogen) atoms. The largest absolute Gasteiger partial charge is 0.458 e. The average Bonchev–Trinajstić information content (AvgIpc) is 3.13. The molecule has 138 valence electrons. The Labute approximate surface area is 151 Å². The van der Waals surface area contributed by atoms with Crippen LogP contribution in [0.25, 0.3) is 0 Å². The highest BCUT2D eigenvalue weighted by molar-refractivity contribution is 5.66. The lowest BCUT2D eigenvalue weighted by Crippen LogP contribution is -2.59.